The fourth-order valence-electron chi connectivity index (χ4n) is 4.35. The molecule has 4 rings (SSSR count). The lowest BCUT2D eigenvalue weighted by Gasteiger charge is -2.37. The van der Waals surface area contributed by atoms with E-state index in [-0.39, 0.29) is 0 Å². The van der Waals surface area contributed by atoms with Gasteiger partial charge in [0.15, 0.2) is 0 Å². The van der Waals surface area contributed by atoms with E-state index in [1.807, 2.05) is 12.1 Å². The third-order valence-corrected chi connectivity index (χ3v) is 5.71. The van der Waals surface area contributed by atoms with Crippen molar-refractivity contribution >= 4 is 11.6 Å². The lowest BCUT2D eigenvalue weighted by molar-refractivity contribution is -0.0199. The van der Waals surface area contributed by atoms with Crippen molar-refractivity contribution in [1.29, 1.82) is 0 Å². The second-order valence-corrected chi connectivity index (χ2v) is 7.68. The van der Waals surface area contributed by atoms with Crippen molar-refractivity contribution in [2.75, 3.05) is 6.61 Å². The summed E-state index contributed by atoms with van der Waals surface area (Å²) < 4.78 is 5.79. The molecule has 2 fully saturated rings. The normalized spacial score (nSPS) is 31.8. The van der Waals surface area contributed by atoms with Crippen molar-refractivity contribution < 1.29 is 9.84 Å². The van der Waals surface area contributed by atoms with Crippen molar-refractivity contribution in [2.45, 2.75) is 57.0 Å². The SMILES string of the molecule is OC1(Cc2cc(Cl)cc3c2OCC3)CCCC(C2CC2)C1. The molecule has 3 aliphatic rings. The predicted octanol–water partition coefficient (Wildman–Crippen LogP) is 4.15. The van der Waals surface area contributed by atoms with Gasteiger partial charge in [-0.3, -0.25) is 0 Å². The van der Waals surface area contributed by atoms with Crippen LogP contribution >= 0.6 is 11.6 Å². The molecule has 1 aromatic carbocycles. The number of hydrogen-bond acceptors (Lipinski definition) is 2. The molecule has 2 saturated carbocycles. The van der Waals surface area contributed by atoms with E-state index in [1.54, 1.807) is 0 Å². The molecule has 1 aromatic rings. The van der Waals surface area contributed by atoms with Crippen LogP contribution in [0.2, 0.25) is 5.02 Å². The zero-order valence-electron chi connectivity index (χ0n) is 12.4. The van der Waals surface area contributed by atoms with E-state index in [4.69, 9.17) is 16.3 Å². The third-order valence-electron chi connectivity index (χ3n) is 5.49. The molecule has 0 radical (unpaired) electrons. The molecule has 0 saturated heterocycles. The van der Waals surface area contributed by atoms with Gasteiger partial charge in [0.25, 0.3) is 0 Å². The van der Waals surface area contributed by atoms with Crippen LogP contribution in [0.4, 0.5) is 0 Å². The Morgan fingerprint density at radius 2 is 2.10 bits per heavy atom. The average Bonchev–Trinajstić information content (AvgIpc) is 3.17. The summed E-state index contributed by atoms with van der Waals surface area (Å²) in [6, 6.07) is 4.00. The summed E-state index contributed by atoms with van der Waals surface area (Å²) in [5, 5.41) is 11.9. The van der Waals surface area contributed by atoms with Gasteiger partial charge in [-0.05, 0) is 67.2 Å². The first-order valence-corrected chi connectivity index (χ1v) is 8.67. The fourth-order valence-corrected chi connectivity index (χ4v) is 4.61. The van der Waals surface area contributed by atoms with Crippen LogP contribution < -0.4 is 4.74 Å². The fraction of sp³-hybridized carbons (Fsp3) is 0.667. The van der Waals surface area contributed by atoms with Crippen LogP contribution in [0.3, 0.4) is 0 Å². The number of rotatable bonds is 3. The summed E-state index contributed by atoms with van der Waals surface area (Å²) >= 11 is 6.24. The Labute approximate surface area is 131 Å². The standard InChI is InChI=1S/C18H23ClO2/c19-16-8-13-5-7-21-17(13)15(9-16)11-18(20)6-1-2-14(10-18)12-3-4-12/h8-9,12,14,20H,1-7,10-11H2. The number of ether oxygens (including phenoxy) is 1. The topological polar surface area (TPSA) is 29.5 Å². The Morgan fingerprint density at radius 3 is 2.90 bits per heavy atom. The van der Waals surface area contributed by atoms with Gasteiger partial charge in [0, 0.05) is 17.9 Å². The van der Waals surface area contributed by atoms with Crippen LogP contribution in [0.15, 0.2) is 12.1 Å². The minimum atomic E-state index is -0.560. The van der Waals surface area contributed by atoms with Crippen molar-refractivity contribution in [1.82, 2.24) is 0 Å². The Kier molecular flexibility index (Phi) is 3.42. The van der Waals surface area contributed by atoms with Gasteiger partial charge in [0.2, 0.25) is 0 Å². The summed E-state index contributed by atoms with van der Waals surface area (Å²) in [7, 11) is 0. The molecule has 0 bridgehead atoms. The maximum atomic E-state index is 11.1. The van der Waals surface area contributed by atoms with Gasteiger partial charge in [0.05, 0.1) is 12.2 Å². The van der Waals surface area contributed by atoms with Crippen LogP contribution in [0, 0.1) is 11.8 Å². The molecule has 3 heteroatoms. The summed E-state index contributed by atoms with van der Waals surface area (Å²) in [6.07, 6.45) is 8.70. The van der Waals surface area contributed by atoms with E-state index >= 15 is 0 Å². The minimum absolute atomic E-state index is 0.560. The summed E-state index contributed by atoms with van der Waals surface area (Å²) in [6.45, 7) is 0.742. The van der Waals surface area contributed by atoms with Crippen LogP contribution in [0.25, 0.3) is 0 Å². The van der Waals surface area contributed by atoms with E-state index < -0.39 is 5.60 Å². The van der Waals surface area contributed by atoms with Gasteiger partial charge >= 0.3 is 0 Å². The molecule has 1 N–H and O–H groups in total. The summed E-state index contributed by atoms with van der Waals surface area (Å²) in [5.74, 6) is 2.61. The quantitative estimate of drug-likeness (QED) is 0.909. The lowest BCUT2D eigenvalue weighted by Crippen LogP contribution is -2.38. The number of fused-ring (bicyclic) bond motifs is 1. The van der Waals surface area contributed by atoms with Gasteiger partial charge in [-0.2, -0.15) is 0 Å². The average molecular weight is 307 g/mol. The van der Waals surface area contributed by atoms with Crippen molar-refractivity contribution in [3.05, 3.63) is 28.3 Å². The van der Waals surface area contributed by atoms with Gasteiger partial charge in [-0.25, -0.2) is 0 Å². The number of hydrogen-bond donors (Lipinski definition) is 1. The second-order valence-electron chi connectivity index (χ2n) is 7.25. The molecule has 0 aromatic heterocycles. The molecule has 2 atom stereocenters. The Hall–Kier alpha value is -0.730. The zero-order chi connectivity index (χ0) is 14.4. The van der Waals surface area contributed by atoms with Gasteiger partial charge in [-0.1, -0.05) is 18.0 Å². The molecule has 2 unspecified atom stereocenters. The highest BCUT2D eigenvalue weighted by Gasteiger charge is 2.41. The predicted molar refractivity (Wildman–Crippen MR) is 84.0 cm³/mol. The van der Waals surface area contributed by atoms with E-state index in [0.717, 1.165) is 60.5 Å². The first-order chi connectivity index (χ1) is 10.1. The molecule has 0 amide bonds. The largest absolute Gasteiger partial charge is 0.493 e. The molecule has 21 heavy (non-hydrogen) atoms. The lowest BCUT2D eigenvalue weighted by atomic mass is 9.73. The molecular weight excluding hydrogens is 284 g/mol. The van der Waals surface area contributed by atoms with Crippen molar-refractivity contribution in [2.24, 2.45) is 11.8 Å². The van der Waals surface area contributed by atoms with Gasteiger partial charge in [-0.15, -0.1) is 0 Å². The molecule has 2 aliphatic carbocycles. The Balaban J connectivity index is 1.57. The highest BCUT2D eigenvalue weighted by molar-refractivity contribution is 6.30. The van der Waals surface area contributed by atoms with E-state index in [9.17, 15) is 5.11 Å². The summed E-state index contributed by atoms with van der Waals surface area (Å²) in [4.78, 5) is 0. The van der Waals surface area contributed by atoms with Gasteiger partial charge < -0.3 is 9.84 Å². The monoisotopic (exact) mass is 306 g/mol. The minimum Gasteiger partial charge on any atom is -0.493 e. The van der Waals surface area contributed by atoms with Crippen LogP contribution in [-0.2, 0) is 12.8 Å². The zero-order valence-corrected chi connectivity index (χ0v) is 13.2. The highest BCUT2D eigenvalue weighted by atomic mass is 35.5. The van der Waals surface area contributed by atoms with Crippen molar-refractivity contribution in [3.63, 3.8) is 0 Å². The smallest absolute Gasteiger partial charge is 0.126 e. The summed E-state index contributed by atoms with van der Waals surface area (Å²) in [5.41, 5.74) is 1.75. The van der Waals surface area contributed by atoms with Crippen molar-refractivity contribution in [3.8, 4) is 5.75 Å². The molecule has 114 valence electrons. The molecule has 2 nitrogen and oxygen atoms in total. The Bertz CT molecular complexity index is 552. The van der Waals surface area contributed by atoms with E-state index in [0.29, 0.717) is 6.42 Å². The molecule has 1 heterocycles. The molecule has 0 spiro atoms. The Morgan fingerprint density at radius 1 is 1.24 bits per heavy atom. The highest BCUT2D eigenvalue weighted by Crippen LogP contribution is 2.48. The molecule has 1 aliphatic heterocycles. The number of halogens is 1. The maximum absolute atomic E-state index is 11.1. The first kappa shape index (κ1) is 13.9. The number of aliphatic hydroxyl groups is 1. The van der Waals surface area contributed by atoms with Crippen LogP contribution in [0.5, 0.6) is 5.75 Å². The number of benzene rings is 1. The van der Waals surface area contributed by atoms with E-state index in [1.165, 1.54) is 24.8 Å². The second kappa shape index (κ2) is 5.17. The first-order valence-electron chi connectivity index (χ1n) is 8.29. The van der Waals surface area contributed by atoms with Gasteiger partial charge in [0.1, 0.15) is 5.75 Å². The third kappa shape index (κ3) is 2.80. The molecular formula is C18H23ClO2. The van der Waals surface area contributed by atoms with Crippen LogP contribution in [-0.4, -0.2) is 17.3 Å². The van der Waals surface area contributed by atoms with E-state index in [2.05, 4.69) is 0 Å². The van der Waals surface area contributed by atoms with Crippen LogP contribution in [0.1, 0.15) is 49.7 Å². The maximum Gasteiger partial charge on any atom is 0.126 e.